The normalized spacial score (nSPS) is 24.1. The number of rotatable bonds is 3. The second-order valence-electron chi connectivity index (χ2n) is 6.82. The SMILES string of the molecule is CC(C)(C)C(N)CC(=O)N1CCN(C2CC2)CC1. The molecule has 0 aromatic rings. The van der Waals surface area contributed by atoms with E-state index in [1.165, 1.54) is 12.8 Å². The van der Waals surface area contributed by atoms with Crippen LogP contribution in [-0.2, 0) is 4.79 Å². The molecule has 4 nitrogen and oxygen atoms in total. The first kappa shape index (κ1) is 13.8. The van der Waals surface area contributed by atoms with Gasteiger partial charge in [0.15, 0.2) is 0 Å². The van der Waals surface area contributed by atoms with Gasteiger partial charge in [0.05, 0.1) is 0 Å². The average molecular weight is 253 g/mol. The quantitative estimate of drug-likeness (QED) is 0.818. The Balaban J connectivity index is 1.76. The molecule has 104 valence electrons. The van der Waals surface area contributed by atoms with Crippen LogP contribution in [0.25, 0.3) is 0 Å². The summed E-state index contributed by atoms with van der Waals surface area (Å²) in [5, 5.41) is 0. The highest BCUT2D eigenvalue weighted by atomic mass is 16.2. The van der Waals surface area contributed by atoms with E-state index in [1.54, 1.807) is 0 Å². The first-order valence-corrected chi connectivity index (χ1v) is 7.15. The fourth-order valence-electron chi connectivity index (χ4n) is 2.40. The molecule has 0 aromatic heterocycles. The Kier molecular flexibility index (Phi) is 3.97. The number of carbonyl (C=O) groups excluding carboxylic acids is 1. The zero-order valence-electron chi connectivity index (χ0n) is 12.0. The van der Waals surface area contributed by atoms with Crippen LogP contribution in [0.4, 0.5) is 0 Å². The van der Waals surface area contributed by atoms with Crippen molar-refractivity contribution in [2.75, 3.05) is 26.2 Å². The first-order chi connectivity index (χ1) is 8.38. The maximum atomic E-state index is 12.2. The van der Waals surface area contributed by atoms with Crippen LogP contribution >= 0.6 is 0 Å². The Morgan fingerprint density at radius 1 is 1.22 bits per heavy atom. The van der Waals surface area contributed by atoms with Crippen LogP contribution < -0.4 is 5.73 Å². The summed E-state index contributed by atoms with van der Waals surface area (Å²) in [6, 6.07) is 0.769. The van der Waals surface area contributed by atoms with Gasteiger partial charge in [0, 0.05) is 44.7 Å². The van der Waals surface area contributed by atoms with Crippen molar-refractivity contribution in [1.82, 2.24) is 9.80 Å². The molecule has 1 aliphatic heterocycles. The van der Waals surface area contributed by atoms with E-state index in [0.717, 1.165) is 32.2 Å². The van der Waals surface area contributed by atoms with Crippen LogP contribution in [-0.4, -0.2) is 54.0 Å². The summed E-state index contributed by atoms with van der Waals surface area (Å²) in [6.07, 6.45) is 3.18. The van der Waals surface area contributed by atoms with E-state index in [4.69, 9.17) is 5.73 Å². The zero-order chi connectivity index (χ0) is 13.3. The van der Waals surface area contributed by atoms with Gasteiger partial charge in [-0.05, 0) is 18.3 Å². The van der Waals surface area contributed by atoms with Gasteiger partial charge in [0.2, 0.25) is 5.91 Å². The molecule has 2 aliphatic rings. The number of hydrogen-bond acceptors (Lipinski definition) is 3. The minimum Gasteiger partial charge on any atom is -0.340 e. The predicted octanol–water partition coefficient (Wildman–Crippen LogP) is 1.06. The van der Waals surface area contributed by atoms with Gasteiger partial charge in [-0.25, -0.2) is 0 Å². The molecule has 18 heavy (non-hydrogen) atoms. The van der Waals surface area contributed by atoms with Crippen LogP contribution in [0.5, 0.6) is 0 Å². The van der Waals surface area contributed by atoms with Crippen molar-refractivity contribution in [3.8, 4) is 0 Å². The van der Waals surface area contributed by atoms with Crippen LogP contribution in [0, 0.1) is 5.41 Å². The molecule has 1 aliphatic carbocycles. The monoisotopic (exact) mass is 253 g/mol. The number of nitrogens with two attached hydrogens (primary N) is 1. The van der Waals surface area contributed by atoms with Crippen molar-refractivity contribution in [2.24, 2.45) is 11.1 Å². The number of nitrogens with zero attached hydrogens (tertiary/aromatic N) is 2. The van der Waals surface area contributed by atoms with Crippen LogP contribution in [0.15, 0.2) is 0 Å². The van der Waals surface area contributed by atoms with E-state index in [-0.39, 0.29) is 17.4 Å². The van der Waals surface area contributed by atoms with Crippen molar-refractivity contribution < 1.29 is 4.79 Å². The fourth-order valence-corrected chi connectivity index (χ4v) is 2.40. The topological polar surface area (TPSA) is 49.6 Å². The molecule has 2 fully saturated rings. The van der Waals surface area contributed by atoms with Gasteiger partial charge in [-0.3, -0.25) is 9.69 Å². The summed E-state index contributed by atoms with van der Waals surface area (Å²) >= 11 is 0. The molecule has 0 aromatic carbocycles. The highest BCUT2D eigenvalue weighted by Gasteiger charge is 2.33. The number of hydrogen-bond donors (Lipinski definition) is 1. The molecule has 2 N–H and O–H groups in total. The summed E-state index contributed by atoms with van der Waals surface area (Å²) in [5.74, 6) is 0.230. The minimum absolute atomic E-state index is 0.00545. The van der Waals surface area contributed by atoms with Crippen molar-refractivity contribution in [2.45, 2.75) is 52.1 Å². The Morgan fingerprint density at radius 2 is 1.78 bits per heavy atom. The second-order valence-corrected chi connectivity index (χ2v) is 6.82. The Morgan fingerprint density at radius 3 is 2.22 bits per heavy atom. The molecule has 1 atom stereocenters. The highest BCUT2D eigenvalue weighted by molar-refractivity contribution is 5.77. The lowest BCUT2D eigenvalue weighted by atomic mass is 9.85. The van der Waals surface area contributed by atoms with E-state index < -0.39 is 0 Å². The molecule has 0 radical (unpaired) electrons. The molecule has 1 heterocycles. The highest BCUT2D eigenvalue weighted by Crippen LogP contribution is 2.27. The molecule has 1 saturated carbocycles. The maximum absolute atomic E-state index is 12.2. The third-order valence-corrected chi connectivity index (χ3v) is 4.24. The molecule has 1 amide bonds. The standard InChI is InChI=1S/C14H27N3O/c1-14(2,3)12(15)10-13(18)17-8-6-16(7-9-17)11-4-5-11/h11-12H,4-10,15H2,1-3H3. The molecular weight excluding hydrogens is 226 g/mol. The average Bonchev–Trinajstić information content (AvgIpc) is 3.11. The van der Waals surface area contributed by atoms with E-state index in [0.29, 0.717) is 6.42 Å². The van der Waals surface area contributed by atoms with E-state index in [1.807, 2.05) is 4.90 Å². The maximum Gasteiger partial charge on any atom is 0.224 e. The van der Waals surface area contributed by atoms with Crippen molar-refractivity contribution in [3.05, 3.63) is 0 Å². The lowest BCUT2D eigenvalue weighted by Gasteiger charge is -2.36. The summed E-state index contributed by atoms with van der Waals surface area (Å²) in [7, 11) is 0. The van der Waals surface area contributed by atoms with Crippen LogP contribution in [0.3, 0.4) is 0 Å². The van der Waals surface area contributed by atoms with E-state index in [9.17, 15) is 4.79 Å². The summed E-state index contributed by atoms with van der Waals surface area (Å²) in [6.45, 7) is 10.1. The Labute approximate surface area is 110 Å². The molecule has 0 bridgehead atoms. The molecule has 4 heteroatoms. The summed E-state index contributed by atoms with van der Waals surface area (Å²) in [4.78, 5) is 16.7. The van der Waals surface area contributed by atoms with E-state index in [2.05, 4.69) is 25.7 Å². The van der Waals surface area contributed by atoms with Crippen LogP contribution in [0.2, 0.25) is 0 Å². The van der Waals surface area contributed by atoms with Gasteiger partial charge >= 0.3 is 0 Å². The van der Waals surface area contributed by atoms with Gasteiger partial charge in [-0.1, -0.05) is 20.8 Å². The van der Waals surface area contributed by atoms with Crippen LogP contribution in [0.1, 0.15) is 40.0 Å². The summed E-state index contributed by atoms with van der Waals surface area (Å²) < 4.78 is 0. The molecule has 1 unspecified atom stereocenters. The third kappa shape index (κ3) is 3.45. The fraction of sp³-hybridized carbons (Fsp3) is 0.929. The van der Waals surface area contributed by atoms with Crippen molar-refractivity contribution >= 4 is 5.91 Å². The lowest BCUT2D eigenvalue weighted by molar-refractivity contribution is -0.134. The number of carbonyl (C=O) groups is 1. The van der Waals surface area contributed by atoms with Gasteiger partial charge in [0.1, 0.15) is 0 Å². The van der Waals surface area contributed by atoms with Crippen molar-refractivity contribution in [3.63, 3.8) is 0 Å². The molecule has 1 saturated heterocycles. The van der Waals surface area contributed by atoms with E-state index >= 15 is 0 Å². The zero-order valence-corrected chi connectivity index (χ0v) is 12.0. The predicted molar refractivity (Wildman–Crippen MR) is 73.2 cm³/mol. The molecule has 2 rings (SSSR count). The van der Waals surface area contributed by atoms with Gasteiger partial charge in [0.25, 0.3) is 0 Å². The molecular formula is C14H27N3O. The number of piperazine rings is 1. The van der Waals surface area contributed by atoms with Gasteiger partial charge in [-0.2, -0.15) is 0 Å². The Hall–Kier alpha value is -0.610. The first-order valence-electron chi connectivity index (χ1n) is 7.15. The Bertz CT molecular complexity index is 299. The largest absolute Gasteiger partial charge is 0.340 e. The van der Waals surface area contributed by atoms with Crippen molar-refractivity contribution in [1.29, 1.82) is 0 Å². The lowest BCUT2D eigenvalue weighted by Crippen LogP contribution is -2.51. The van der Waals surface area contributed by atoms with Gasteiger partial charge in [-0.15, -0.1) is 0 Å². The third-order valence-electron chi connectivity index (χ3n) is 4.24. The minimum atomic E-state index is -0.0496. The smallest absolute Gasteiger partial charge is 0.224 e. The van der Waals surface area contributed by atoms with Gasteiger partial charge < -0.3 is 10.6 Å². The number of amides is 1. The molecule has 0 spiro atoms. The second kappa shape index (κ2) is 5.17. The summed E-state index contributed by atoms with van der Waals surface area (Å²) in [5.41, 5.74) is 6.09.